The molecule has 0 aromatic rings. The van der Waals surface area contributed by atoms with Gasteiger partial charge in [0.05, 0.1) is 26.2 Å². The van der Waals surface area contributed by atoms with Crippen LogP contribution in [0.15, 0.2) is 0 Å². The molecule has 0 N–H and O–H groups in total. The summed E-state index contributed by atoms with van der Waals surface area (Å²) in [5, 5.41) is 0. The Bertz CT molecular complexity index is 201. The summed E-state index contributed by atoms with van der Waals surface area (Å²) >= 11 is 0. The maximum Gasteiger partial charge on any atom is 0.459 e. The Morgan fingerprint density at radius 2 is 1.06 bits per heavy atom. The van der Waals surface area contributed by atoms with E-state index in [2.05, 4.69) is 37.6 Å². The summed E-state index contributed by atoms with van der Waals surface area (Å²) in [5.74, 6) is -4.04. The third-order valence-electron chi connectivity index (χ3n) is 2.99. The van der Waals surface area contributed by atoms with Crippen molar-refractivity contribution in [3.63, 3.8) is 0 Å². The van der Waals surface area contributed by atoms with E-state index < -0.39 is 11.9 Å². The van der Waals surface area contributed by atoms with Crippen LogP contribution in [0.4, 0.5) is 9.05 Å². The summed E-state index contributed by atoms with van der Waals surface area (Å²) in [5.41, 5.74) is 0. The zero-order valence-corrected chi connectivity index (χ0v) is 10.7. The van der Waals surface area contributed by atoms with Gasteiger partial charge in [0.2, 0.25) is 0 Å². The first-order valence-corrected chi connectivity index (χ1v) is 5.47. The van der Waals surface area contributed by atoms with E-state index >= 15 is 0 Å². The highest BCUT2D eigenvalue weighted by molar-refractivity contribution is 6.29. The van der Waals surface area contributed by atoms with Crippen molar-refractivity contribution < 1.29 is 33.0 Å². The van der Waals surface area contributed by atoms with Crippen molar-refractivity contribution in [3.8, 4) is 0 Å². The zero-order valence-electron chi connectivity index (χ0n) is 10.7. The monoisotopic (exact) mass is 256 g/mol. The average molecular weight is 256 g/mol. The topological polar surface area (TPSA) is 52.6 Å². The molecule has 0 fully saturated rings. The van der Waals surface area contributed by atoms with E-state index in [-0.39, 0.29) is 0 Å². The summed E-state index contributed by atoms with van der Waals surface area (Å²) in [4.78, 5) is 23.4. The standard InChI is InChI=1S/C8H20N.C2F2O4/c1-5-9(6-2,7-3)8-4;3-7-1(5)2(6)8-4/h5-8H2,1-4H3;/q+1;. The van der Waals surface area contributed by atoms with Gasteiger partial charge in [0.1, 0.15) is 0 Å². The molecular formula is C10H20F2NO4+. The van der Waals surface area contributed by atoms with Crippen LogP contribution < -0.4 is 0 Å². The van der Waals surface area contributed by atoms with Gasteiger partial charge in [-0.1, -0.05) is 0 Å². The lowest BCUT2D eigenvalue weighted by atomic mass is 10.3. The number of halogens is 2. The summed E-state index contributed by atoms with van der Waals surface area (Å²) in [6.07, 6.45) is 0. The fraction of sp³-hybridized carbons (Fsp3) is 0.800. The lowest BCUT2D eigenvalue weighted by Crippen LogP contribution is -2.47. The summed E-state index contributed by atoms with van der Waals surface area (Å²) in [6.45, 7) is 14.2. The zero-order chi connectivity index (χ0) is 13.9. The lowest BCUT2D eigenvalue weighted by molar-refractivity contribution is -0.921. The van der Waals surface area contributed by atoms with Gasteiger partial charge >= 0.3 is 11.9 Å². The van der Waals surface area contributed by atoms with Crippen LogP contribution in [0.25, 0.3) is 0 Å². The molecule has 0 saturated carbocycles. The molecule has 7 heteroatoms. The largest absolute Gasteiger partial charge is 0.459 e. The number of quaternary nitrogens is 1. The SMILES string of the molecule is CC[N+](CC)(CC)CC.O=C(OF)C(=O)OF. The fourth-order valence-corrected chi connectivity index (χ4v) is 1.40. The van der Waals surface area contributed by atoms with E-state index in [0.717, 1.165) is 0 Å². The number of carbonyl (C=O) groups excluding carboxylic acids is 2. The molecule has 0 heterocycles. The van der Waals surface area contributed by atoms with Crippen LogP contribution in [0.3, 0.4) is 0 Å². The fourth-order valence-electron chi connectivity index (χ4n) is 1.40. The molecule has 0 radical (unpaired) electrons. The van der Waals surface area contributed by atoms with Gasteiger partial charge < -0.3 is 4.48 Å². The van der Waals surface area contributed by atoms with Crippen LogP contribution in [0, 0.1) is 0 Å². The molecule has 0 aliphatic carbocycles. The molecule has 0 atom stereocenters. The summed E-state index contributed by atoms with van der Waals surface area (Å²) in [6, 6.07) is 0. The highest BCUT2D eigenvalue weighted by Crippen LogP contribution is 2.03. The van der Waals surface area contributed by atoms with E-state index in [1.807, 2.05) is 0 Å². The van der Waals surface area contributed by atoms with Crippen LogP contribution in [-0.2, 0) is 19.5 Å². The molecular weight excluding hydrogens is 236 g/mol. The highest BCUT2D eigenvalue weighted by atomic mass is 19.3. The van der Waals surface area contributed by atoms with Crippen molar-refractivity contribution in [1.82, 2.24) is 0 Å². The molecule has 0 amide bonds. The highest BCUT2D eigenvalue weighted by Gasteiger charge is 2.18. The minimum Gasteiger partial charge on any atom is -0.325 e. The van der Waals surface area contributed by atoms with E-state index in [9.17, 15) is 18.6 Å². The van der Waals surface area contributed by atoms with Crippen molar-refractivity contribution >= 4 is 11.9 Å². The molecule has 102 valence electrons. The molecule has 0 aromatic heterocycles. The van der Waals surface area contributed by atoms with Crippen LogP contribution in [0.5, 0.6) is 0 Å². The second-order valence-corrected chi connectivity index (χ2v) is 3.34. The molecule has 0 aliphatic rings. The number of hydrogen-bond donors (Lipinski definition) is 0. The maximum atomic E-state index is 10.5. The Morgan fingerprint density at radius 1 is 0.824 bits per heavy atom. The Labute approximate surface area is 99.7 Å². The first kappa shape index (κ1) is 18.1. The van der Waals surface area contributed by atoms with Gasteiger partial charge in [0, 0.05) is 9.05 Å². The lowest BCUT2D eigenvalue weighted by Gasteiger charge is -2.34. The molecule has 0 bridgehead atoms. The second-order valence-electron chi connectivity index (χ2n) is 3.34. The number of nitrogens with zero attached hydrogens (tertiary/aromatic N) is 1. The van der Waals surface area contributed by atoms with Gasteiger partial charge in [0.25, 0.3) is 0 Å². The van der Waals surface area contributed by atoms with Crippen molar-refractivity contribution in [2.24, 2.45) is 0 Å². The predicted molar refractivity (Wildman–Crippen MR) is 56.8 cm³/mol. The predicted octanol–water partition coefficient (Wildman–Crippen LogP) is 1.72. The van der Waals surface area contributed by atoms with Crippen molar-refractivity contribution in [3.05, 3.63) is 0 Å². The first-order chi connectivity index (χ1) is 7.96. The summed E-state index contributed by atoms with van der Waals surface area (Å²) < 4.78 is 22.3. The van der Waals surface area contributed by atoms with E-state index in [0.29, 0.717) is 0 Å². The molecule has 0 aromatic carbocycles. The maximum absolute atomic E-state index is 10.5. The van der Waals surface area contributed by atoms with Crippen LogP contribution >= 0.6 is 0 Å². The third-order valence-corrected chi connectivity index (χ3v) is 2.99. The number of carbonyl (C=O) groups is 2. The van der Waals surface area contributed by atoms with Gasteiger partial charge in [-0.15, -0.1) is 0 Å². The number of rotatable bonds is 4. The Kier molecular flexibility index (Phi) is 10.6. The van der Waals surface area contributed by atoms with Gasteiger partial charge in [-0.05, 0) is 27.7 Å². The molecule has 17 heavy (non-hydrogen) atoms. The van der Waals surface area contributed by atoms with Gasteiger partial charge in [-0.2, -0.15) is 0 Å². The Balaban J connectivity index is 0. The molecule has 5 nitrogen and oxygen atoms in total. The van der Waals surface area contributed by atoms with Crippen LogP contribution in [0.2, 0.25) is 0 Å². The quantitative estimate of drug-likeness (QED) is 0.567. The van der Waals surface area contributed by atoms with Gasteiger partial charge in [-0.25, -0.2) is 19.5 Å². The average Bonchev–Trinajstić information content (AvgIpc) is 2.41. The van der Waals surface area contributed by atoms with E-state index in [1.165, 1.54) is 30.7 Å². The minimum absolute atomic E-state index is 1.28. The first-order valence-electron chi connectivity index (χ1n) is 5.47. The van der Waals surface area contributed by atoms with Crippen molar-refractivity contribution in [2.45, 2.75) is 27.7 Å². The smallest absolute Gasteiger partial charge is 0.325 e. The Morgan fingerprint density at radius 3 is 1.12 bits per heavy atom. The molecule has 0 rings (SSSR count). The van der Waals surface area contributed by atoms with E-state index in [4.69, 9.17) is 0 Å². The van der Waals surface area contributed by atoms with Crippen molar-refractivity contribution in [2.75, 3.05) is 26.2 Å². The molecule has 0 saturated heterocycles. The van der Waals surface area contributed by atoms with Gasteiger partial charge in [-0.3, -0.25) is 0 Å². The summed E-state index contributed by atoms with van der Waals surface area (Å²) in [7, 11) is 0. The van der Waals surface area contributed by atoms with Gasteiger partial charge in [0.15, 0.2) is 0 Å². The third kappa shape index (κ3) is 6.83. The van der Waals surface area contributed by atoms with Crippen molar-refractivity contribution in [1.29, 1.82) is 0 Å². The second kappa shape index (κ2) is 9.95. The minimum atomic E-state index is -2.02. The van der Waals surface area contributed by atoms with Crippen LogP contribution in [0.1, 0.15) is 27.7 Å². The number of hydrogen-bond acceptors (Lipinski definition) is 4. The molecule has 0 spiro atoms. The molecule has 0 unspecified atom stereocenters. The Hall–Kier alpha value is -1.24. The molecule has 0 aliphatic heterocycles. The van der Waals surface area contributed by atoms with Crippen LogP contribution in [-0.4, -0.2) is 42.6 Å². The normalized spacial score (nSPS) is 10.0. The van der Waals surface area contributed by atoms with E-state index in [1.54, 1.807) is 0 Å².